The third kappa shape index (κ3) is 4.71. The Hall–Kier alpha value is -2.18. The van der Waals surface area contributed by atoms with E-state index in [0.717, 1.165) is 18.4 Å². The number of aryl methyl sites for hydroxylation is 2. The maximum absolute atomic E-state index is 12.4. The van der Waals surface area contributed by atoms with Gasteiger partial charge >= 0.3 is 0 Å². The Balaban J connectivity index is 1.58. The average Bonchev–Trinajstić information content (AvgIpc) is 3.02. The van der Waals surface area contributed by atoms with Crippen LogP contribution in [0, 0.1) is 0 Å². The second-order valence-electron chi connectivity index (χ2n) is 6.51. The fourth-order valence-corrected chi connectivity index (χ4v) is 4.27. The van der Waals surface area contributed by atoms with Crippen LogP contribution in [0.4, 0.5) is 0 Å². The number of hydrogen-bond acceptors (Lipinski definition) is 4. The van der Waals surface area contributed by atoms with Gasteiger partial charge in [0.25, 0.3) is 11.8 Å². The first-order valence-corrected chi connectivity index (χ1v) is 9.79. The van der Waals surface area contributed by atoms with Crippen molar-refractivity contribution < 1.29 is 14.3 Å². The molecule has 26 heavy (non-hydrogen) atoms. The minimum absolute atomic E-state index is 0.258. The minimum atomic E-state index is -0.336. The van der Waals surface area contributed by atoms with Crippen LogP contribution in [0.1, 0.15) is 61.7 Å². The predicted octanol–water partition coefficient (Wildman–Crippen LogP) is 3.63. The summed E-state index contributed by atoms with van der Waals surface area (Å²) in [5, 5.41) is 0. The van der Waals surface area contributed by atoms with Crippen LogP contribution in [0.3, 0.4) is 0 Å². The molecule has 0 saturated carbocycles. The van der Waals surface area contributed by atoms with Crippen LogP contribution in [0.5, 0.6) is 0 Å². The summed E-state index contributed by atoms with van der Waals surface area (Å²) in [5.74, 6) is -0.594. The molecule has 2 N–H and O–H groups in total. The molecule has 0 spiro atoms. The molecule has 2 aromatic rings. The lowest BCUT2D eigenvalue weighted by atomic mass is 10.00. The molecule has 1 aliphatic carbocycles. The third-order valence-electron chi connectivity index (χ3n) is 4.54. The number of hydrazine groups is 1. The maximum Gasteiger partial charge on any atom is 0.279 e. The van der Waals surface area contributed by atoms with Crippen LogP contribution in [0.2, 0.25) is 0 Å². The normalized spacial score (nSPS) is 14.0. The van der Waals surface area contributed by atoms with Crippen molar-refractivity contribution in [2.24, 2.45) is 0 Å². The van der Waals surface area contributed by atoms with E-state index in [4.69, 9.17) is 4.74 Å². The zero-order valence-corrected chi connectivity index (χ0v) is 15.8. The van der Waals surface area contributed by atoms with Crippen LogP contribution < -0.4 is 10.9 Å². The third-order valence-corrected chi connectivity index (χ3v) is 5.77. The van der Waals surface area contributed by atoms with Crippen LogP contribution >= 0.6 is 11.3 Å². The molecule has 6 heteroatoms. The SMILES string of the molecule is COCc1ccc(C(=O)NNC(=O)c2cc3c(s2)CCCCCC3)cc1. The summed E-state index contributed by atoms with van der Waals surface area (Å²) < 4.78 is 5.05. The number of ether oxygens (including phenoxy) is 1. The number of carbonyl (C=O) groups excluding carboxylic acids is 2. The molecule has 1 aliphatic rings. The van der Waals surface area contributed by atoms with Gasteiger partial charge in [0.15, 0.2) is 0 Å². The molecule has 1 aromatic carbocycles. The summed E-state index contributed by atoms with van der Waals surface area (Å²) in [7, 11) is 1.63. The number of rotatable bonds is 4. The highest BCUT2D eigenvalue weighted by Gasteiger charge is 2.16. The van der Waals surface area contributed by atoms with Gasteiger partial charge in [-0.05, 0) is 55.0 Å². The molecule has 0 atom stereocenters. The molecule has 0 saturated heterocycles. The Bertz CT molecular complexity index is 742. The topological polar surface area (TPSA) is 67.4 Å². The van der Waals surface area contributed by atoms with Gasteiger partial charge in [0.05, 0.1) is 11.5 Å². The number of amides is 2. The number of nitrogens with one attached hydrogen (secondary N) is 2. The van der Waals surface area contributed by atoms with E-state index < -0.39 is 0 Å². The lowest BCUT2D eigenvalue weighted by Gasteiger charge is -2.07. The highest BCUT2D eigenvalue weighted by Crippen LogP contribution is 2.28. The van der Waals surface area contributed by atoms with E-state index in [9.17, 15) is 9.59 Å². The summed E-state index contributed by atoms with van der Waals surface area (Å²) in [6.45, 7) is 0.502. The van der Waals surface area contributed by atoms with Crippen molar-refractivity contribution in [1.29, 1.82) is 0 Å². The second kappa shape index (κ2) is 8.96. The Morgan fingerprint density at radius 2 is 1.69 bits per heavy atom. The molecular weight excluding hydrogens is 348 g/mol. The largest absolute Gasteiger partial charge is 0.380 e. The van der Waals surface area contributed by atoms with Crippen LogP contribution in [-0.4, -0.2) is 18.9 Å². The zero-order valence-electron chi connectivity index (χ0n) is 15.0. The van der Waals surface area contributed by atoms with Crippen molar-refractivity contribution >= 4 is 23.2 Å². The summed E-state index contributed by atoms with van der Waals surface area (Å²) in [4.78, 5) is 26.5. The summed E-state index contributed by atoms with van der Waals surface area (Å²) in [6.07, 6.45) is 6.98. The quantitative estimate of drug-likeness (QED) is 0.806. The molecule has 5 nitrogen and oxygen atoms in total. The van der Waals surface area contributed by atoms with E-state index >= 15 is 0 Å². The lowest BCUT2D eigenvalue weighted by molar-refractivity contribution is 0.0849. The van der Waals surface area contributed by atoms with Gasteiger partial charge in [-0.25, -0.2) is 0 Å². The number of fused-ring (bicyclic) bond motifs is 1. The van der Waals surface area contributed by atoms with Gasteiger partial charge in [-0.2, -0.15) is 0 Å². The smallest absolute Gasteiger partial charge is 0.279 e. The van der Waals surface area contributed by atoms with E-state index in [2.05, 4.69) is 10.9 Å². The van der Waals surface area contributed by atoms with E-state index in [1.807, 2.05) is 18.2 Å². The summed E-state index contributed by atoms with van der Waals surface area (Å²) in [5.41, 5.74) is 7.79. The molecular formula is C20H24N2O3S. The van der Waals surface area contributed by atoms with Gasteiger partial charge in [0, 0.05) is 17.6 Å². The molecule has 3 rings (SSSR count). The first kappa shape index (κ1) is 18.6. The fourth-order valence-electron chi connectivity index (χ4n) is 3.12. The minimum Gasteiger partial charge on any atom is -0.380 e. The maximum atomic E-state index is 12.4. The van der Waals surface area contributed by atoms with Crippen molar-refractivity contribution in [3.8, 4) is 0 Å². The van der Waals surface area contributed by atoms with Crippen LogP contribution in [-0.2, 0) is 24.2 Å². The van der Waals surface area contributed by atoms with Crippen molar-refractivity contribution in [3.63, 3.8) is 0 Å². The Morgan fingerprint density at radius 1 is 1.00 bits per heavy atom. The fraction of sp³-hybridized carbons (Fsp3) is 0.400. The summed E-state index contributed by atoms with van der Waals surface area (Å²) in [6, 6.07) is 9.07. The molecule has 0 aliphatic heterocycles. The molecule has 1 heterocycles. The molecule has 0 radical (unpaired) electrons. The first-order chi connectivity index (χ1) is 12.7. The molecule has 0 fully saturated rings. The van der Waals surface area contributed by atoms with Crippen molar-refractivity contribution in [2.75, 3.05) is 7.11 Å². The molecule has 0 bridgehead atoms. The highest BCUT2D eigenvalue weighted by molar-refractivity contribution is 7.14. The van der Waals surface area contributed by atoms with Crippen molar-refractivity contribution in [2.45, 2.75) is 45.1 Å². The molecule has 2 amide bonds. The number of hydrogen-bond donors (Lipinski definition) is 2. The first-order valence-electron chi connectivity index (χ1n) is 8.97. The Labute approximate surface area is 157 Å². The van der Waals surface area contributed by atoms with E-state index in [-0.39, 0.29) is 11.8 Å². The second-order valence-corrected chi connectivity index (χ2v) is 7.65. The highest BCUT2D eigenvalue weighted by atomic mass is 32.1. The van der Waals surface area contributed by atoms with Crippen molar-refractivity contribution in [3.05, 3.63) is 56.8 Å². The van der Waals surface area contributed by atoms with Gasteiger partial charge in [0.1, 0.15) is 0 Å². The lowest BCUT2D eigenvalue weighted by Crippen LogP contribution is -2.41. The van der Waals surface area contributed by atoms with Crippen molar-refractivity contribution in [1.82, 2.24) is 10.9 Å². The monoisotopic (exact) mass is 372 g/mol. The zero-order chi connectivity index (χ0) is 18.4. The number of methoxy groups -OCH3 is 1. The number of benzene rings is 1. The van der Waals surface area contributed by atoms with Gasteiger partial charge in [0.2, 0.25) is 0 Å². The van der Waals surface area contributed by atoms with Crippen LogP contribution in [0.25, 0.3) is 0 Å². The predicted molar refractivity (Wildman–Crippen MR) is 102 cm³/mol. The average molecular weight is 372 g/mol. The summed E-state index contributed by atoms with van der Waals surface area (Å²) >= 11 is 1.54. The Morgan fingerprint density at radius 3 is 2.42 bits per heavy atom. The Kier molecular flexibility index (Phi) is 6.41. The number of thiophene rings is 1. The van der Waals surface area contributed by atoms with Gasteiger partial charge in [-0.3, -0.25) is 20.4 Å². The van der Waals surface area contributed by atoms with Gasteiger partial charge < -0.3 is 4.74 Å². The number of carbonyl (C=O) groups is 2. The van der Waals surface area contributed by atoms with Gasteiger partial charge in [-0.1, -0.05) is 25.0 Å². The molecule has 138 valence electrons. The van der Waals surface area contributed by atoms with E-state index in [1.54, 1.807) is 30.6 Å². The van der Waals surface area contributed by atoms with E-state index in [0.29, 0.717) is 17.0 Å². The van der Waals surface area contributed by atoms with Crippen LogP contribution in [0.15, 0.2) is 30.3 Å². The standard InChI is InChI=1S/C20H24N2O3S/c1-25-13-14-8-10-15(11-9-14)19(23)21-22-20(24)18-12-16-6-4-2-3-5-7-17(16)26-18/h8-12H,2-7,13H2,1H3,(H,21,23)(H,22,24). The molecule has 1 aromatic heterocycles. The molecule has 0 unspecified atom stereocenters. The van der Waals surface area contributed by atoms with Gasteiger partial charge in [-0.15, -0.1) is 11.3 Å². The van der Waals surface area contributed by atoms with E-state index in [1.165, 1.54) is 36.1 Å².